The van der Waals surface area contributed by atoms with Crippen molar-refractivity contribution in [3.63, 3.8) is 0 Å². The van der Waals surface area contributed by atoms with Gasteiger partial charge in [-0.2, -0.15) is 0 Å². The molecule has 0 radical (unpaired) electrons. The van der Waals surface area contributed by atoms with E-state index in [1.54, 1.807) is 18.2 Å². The molecule has 0 bridgehead atoms. The summed E-state index contributed by atoms with van der Waals surface area (Å²) >= 11 is 0. The van der Waals surface area contributed by atoms with Crippen LogP contribution in [0.1, 0.15) is 40.5 Å². The standard InChI is InChI=1S/C15H25N3O3/c1-5-15(16,6-2)10-17-12-8-7-9-13(21-11(3)4)14(12)18(19)20/h7-9,11,17H,5-6,10,16H2,1-4H3. The summed E-state index contributed by atoms with van der Waals surface area (Å²) in [5.41, 5.74) is 6.25. The molecule has 1 rings (SSSR count). The van der Waals surface area contributed by atoms with Crippen LogP contribution in [-0.4, -0.2) is 23.1 Å². The van der Waals surface area contributed by atoms with Gasteiger partial charge in [0.05, 0.1) is 11.0 Å². The summed E-state index contributed by atoms with van der Waals surface area (Å²) in [6.07, 6.45) is 1.47. The molecule has 0 aliphatic heterocycles. The number of ether oxygens (including phenoxy) is 1. The number of nitro benzene ring substituents is 1. The summed E-state index contributed by atoms with van der Waals surface area (Å²) in [6, 6.07) is 5.03. The van der Waals surface area contributed by atoms with Crippen molar-refractivity contribution in [3.8, 4) is 5.75 Å². The monoisotopic (exact) mass is 295 g/mol. The van der Waals surface area contributed by atoms with E-state index in [1.807, 2.05) is 27.7 Å². The molecule has 1 aromatic carbocycles. The van der Waals surface area contributed by atoms with Crippen LogP contribution in [0.15, 0.2) is 18.2 Å². The predicted octanol–water partition coefficient (Wildman–Crippen LogP) is 3.31. The molecule has 0 amide bonds. The van der Waals surface area contributed by atoms with Gasteiger partial charge in [-0.1, -0.05) is 19.9 Å². The first-order valence-electron chi connectivity index (χ1n) is 7.29. The fourth-order valence-corrected chi connectivity index (χ4v) is 1.97. The van der Waals surface area contributed by atoms with E-state index in [-0.39, 0.29) is 23.1 Å². The molecule has 3 N–H and O–H groups in total. The summed E-state index contributed by atoms with van der Waals surface area (Å²) in [6.45, 7) is 8.17. The highest BCUT2D eigenvalue weighted by molar-refractivity contribution is 5.68. The number of para-hydroxylation sites is 1. The average Bonchev–Trinajstić information content (AvgIpc) is 2.43. The van der Waals surface area contributed by atoms with E-state index < -0.39 is 4.92 Å². The molecule has 118 valence electrons. The predicted molar refractivity (Wildman–Crippen MR) is 84.9 cm³/mol. The molecule has 0 unspecified atom stereocenters. The van der Waals surface area contributed by atoms with E-state index >= 15 is 0 Å². The number of nitrogens with zero attached hydrogens (tertiary/aromatic N) is 1. The highest BCUT2D eigenvalue weighted by Crippen LogP contribution is 2.35. The van der Waals surface area contributed by atoms with E-state index in [2.05, 4.69) is 5.32 Å². The van der Waals surface area contributed by atoms with Crippen LogP contribution in [0, 0.1) is 10.1 Å². The zero-order valence-electron chi connectivity index (χ0n) is 13.2. The molecule has 0 aliphatic carbocycles. The first kappa shape index (κ1) is 17.2. The molecule has 0 heterocycles. The van der Waals surface area contributed by atoms with Gasteiger partial charge in [-0.3, -0.25) is 10.1 Å². The summed E-state index contributed by atoms with van der Waals surface area (Å²) in [5, 5.41) is 14.4. The molecule has 0 fully saturated rings. The van der Waals surface area contributed by atoms with Gasteiger partial charge in [-0.05, 0) is 38.8 Å². The maximum Gasteiger partial charge on any atom is 0.333 e. The van der Waals surface area contributed by atoms with Crippen molar-refractivity contribution in [2.45, 2.75) is 52.2 Å². The molecule has 0 saturated heterocycles. The fourth-order valence-electron chi connectivity index (χ4n) is 1.97. The largest absolute Gasteiger partial charge is 0.484 e. The van der Waals surface area contributed by atoms with E-state index in [0.717, 1.165) is 12.8 Å². The lowest BCUT2D eigenvalue weighted by molar-refractivity contribution is -0.385. The molecule has 0 saturated carbocycles. The molecule has 0 spiro atoms. The fraction of sp³-hybridized carbons (Fsp3) is 0.600. The highest BCUT2D eigenvalue weighted by Gasteiger charge is 2.25. The molecule has 0 aromatic heterocycles. The lowest BCUT2D eigenvalue weighted by Gasteiger charge is -2.27. The third kappa shape index (κ3) is 4.60. The highest BCUT2D eigenvalue weighted by atomic mass is 16.6. The lowest BCUT2D eigenvalue weighted by Crippen LogP contribution is -2.45. The number of nitrogens with one attached hydrogen (secondary N) is 1. The van der Waals surface area contributed by atoms with Gasteiger partial charge in [-0.25, -0.2) is 0 Å². The molecule has 1 aromatic rings. The zero-order valence-corrected chi connectivity index (χ0v) is 13.2. The number of nitro groups is 1. The van der Waals surface area contributed by atoms with Crippen molar-refractivity contribution < 1.29 is 9.66 Å². The minimum atomic E-state index is -0.421. The smallest absolute Gasteiger partial charge is 0.333 e. The Hall–Kier alpha value is -1.82. The Kier molecular flexibility index (Phi) is 5.96. The Labute approximate surface area is 125 Å². The van der Waals surface area contributed by atoms with Gasteiger partial charge in [0.1, 0.15) is 5.69 Å². The Morgan fingerprint density at radius 3 is 2.48 bits per heavy atom. The van der Waals surface area contributed by atoms with Crippen LogP contribution < -0.4 is 15.8 Å². The molecule has 0 atom stereocenters. The Morgan fingerprint density at radius 1 is 1.38 bits per heavy atom. The number of hydrogen-bond acceptors (Lipinski definition) is 5. The van der Waals surface area contributed by atoms with Gasteiger partial charge in [0, 0.05) is 12.1 Å². The maximum absolute atomic E-state index is 11.3. The minimum Gasteiger partial charge on any atom is -0.484 e. The van der Waals surface area contributed by atoms with E-state index in [4.69, 9.17) is 10.5 Å². The molecule has 0 aliphatic rings. The average molecular weight is 295 g/mol. The van der Waals surface area contributed by atoms with Crippen LogP contribution in [0.2, 0.25) is 0 Å². The molecular weight excluding hydrogens is 270 g/mol. The quantitative estimate of drug-likeness (QED) is 0.567. The molecule has 21 heavy (non-hydrogen) atoms. The Morgan fingerprint density at radius 2 is 2.00 bits per heavy atom. The lowest BCUT2D eigenvalue weighted by atomic mass is 9.94. The topological polar surface area (TPSA) is 90.4 Å². The number of rotatable bonds is 8. The van der Waals surface area contributed by atoms with Gasteiger partial charge in [0.25, 0.3) is 0 Å². The van der Waals surface area contributed by atoms with E-state index in [9.17, 15) is 10.1 Å². The second-order valence-corrected chi connectivity index (χ2v) is 5.50. The van der Waals surface area contributed by atoms with Gasteiger partial charge in [0.15, 0.2) is 5.75 Å². The zero-order chi connectivity index (χ0) is 16.0. The Balaban J connectivity index is 3.04. The number of anilines is 1. The molecule has 6 nitrogen and oxygen atoms in total. The SMILES string of the molecule is CCC(N)(CC)CNc1cccc(OC(C)C)c1[N+](=O)[O-]. The summed E-state index contributed by atoms with van der Waals surface area (Å²) in [4.78, 5) is 10.9. The van der Waals surface area contributed by atoms with Crippen LogP contribution in [0.25, 0.3) is 0 Å². The number of benzene rings is 1. The van der Waals surface area contributed by atoms with Gasteiger partial charge < -0.3 is 15.8 Å². The van der Waals surface area contributed by atoms with Gasteiger partial charge in [-0.15, -0.1) is 0 Å². The summed E-state index contributed by atoms with van der Waals surface area (Å²) in [5.74, 6) is 0.274. The van der Waals surface area contributed by atoms with Crippen LogP contribution in [0.3, 0.4) is 0 Å². The van der Waals surface area contributed by atoms with Crippen LogP contribution >= 0.6 is 0 Å². The van der Waals surface area contributed by atoms with Gasteiger partial charge >= 0.3 is 5.69 Å². The molecule has 6 heteroatoms. The molecular formula is C15H25N3O3. The van der Waals surface area contributed by atoms with Gasteiger partial charge in [0.2, 0.25) is 0 Å². The maximum atomic E-state index is 11.3. The number of hydrogen-bond donors (Lipinski definition) is 2. The summed E-state index contributed by atoms with van der Waals surface area (Å²) < 4.78 is 5.52. The van der Waals surface area contributed by atoms with Crippen molar-refractivity contribution in [1.29, 1.82) is 0 Å². The second-order valence-electron chi connectivity index (χ2n) is 5.50. The van der Waals surface area contributed by atoms with E-state index in [1.165, 1.54) is 0 Å². The van der Waals surface area contributed by atoms with Crippen molar-refractivity contribution >= 4 is 11.4 Å². The normalized spacial score (nSPS) is 11.5. The van der Waals surface area contributed by atoms with Crippen LogP contribution in [-0.2, 0) is 0 Å². The third-order valence-electron chi connectivity index (χ3n) is 3.58. The third-order valence-corrected chi connectivity index (χ3v) is 3.58. The number of nitrogens with two attached hydrogens (primary N) is 1. The summed E-state index contributed by atoms with van der Waals surface area (Å²) in [7, 11) is 0. The second kappa shape index (κ2) is 7.26. The van der Waals surface area contributed by atoms with Crippen molar-refractivity contribution in [3.05, 3.63) is 28.3 Å². The van der Waals surface area contributed by atoms with Crippen molar-refractivity contribution in [1.82, 2.24) is 0 Å². The van der Waals surface area contributed by atoms with E-state index in [0.29, 0.717) is 12.2 Å². The van der Waals surface area contributed by atoms with Crippen molar-refractivity contribution in [2.24, 2.45) is 5.73 Å². The van der Waals surface area contributed by atoms with Crippen molar-refractivity contribution in [2.75, 3.05) is 11.9 Å². The Bertz CT molecular complexity index is 485. The van der Waals surface area contributed by atoms with Crippen LogP contribution in [0.4, 0.5) is 11.4 Å². The first-order chi connectivity index (χ1) is 9.83. The minimum absolute atomic E-state index is 0.0410. The first-order valence-corrected chi connectivity index (χ1v) is 7.29. The van der Waals surface area contributed by atoms with Crippen LogP contribution in [0.5, 0.6) is 5.75 Å².